The number of carbonyl (C=O) groups excluding carboxylic acids is 1. The zero-order valence-electron chi connectivity index (χ0n) is 8.26. The molecule has 0 fully saturated rings. The van der Waals surface area contributed by atoms with E-state index in [9.17, 15) is 4.79 Å². The highest BCUT2D eigenvalue weighted by atomic mass is 16.1. The summed E-state index contributed by atoms with van der Waals surface area (Å²) in [7, 11) is 0. The van der Waals surface area contributed by atoms with Gasteiger partial charge in [0, 0.05) is 6.42 Å². The number of ketones is 1. The number of allylic oxidation sites excluding steroid dienone is 2. The van der Waals surface area contributed by atoms with Gasteiger partial charge >= 0.3 is 0 Å². The summed E-state index contributed by atoms with van der Waals surface area (Å²) in [5.41, 5.74) is 1.06. The molecule has 1 aliphatic carbocycles. The van der Waals surface area contributed by atoms with E-state index < -0.39 is 0 Å². The molecule has 0 spiro atoms. The second kappa shape index (κ2) is 3.88. The molecule has 0 aliphatic heterocycles. The highest BCUT2D eigenvalue weighted by molar-refractivity contribution is 5.96. The Morgan fingerprint density at radius 2 is 2.25 bits per heavy atom. The lowest BCUT2D eigenvalue weighted by molar-refractivity contribution is -0.116. The molecule has 1 nitrogen and oxygen atoms in total. The SMILES string of the molecule is CCC1=CC(C(C)C)CCC1=O. The average molecular weight is 166 g/mol. The summed E-state index contributed by atoms with van der Waals surface area (Å²) in [6.07, 6.45) is 4.92. The predicted octanol–water partition coefficient (Wildman–Crippen LogP) is 2.96. The van der Waals surface area contributed by atoms with Crippen molar-refractivity contribution in [1.29, 1.82) is 0 Å². The van der Waals surface area contributed by atoms with Crippen LogP contribution >= 0.6 is 0 Å². The molecule has 0 amide bonds. The average Bonchev–Trinajstić information content (AvgIpc) is 2.05. The van der Waals surface area contributed by atoms with Gasteiger partial charge in [-0.25, -0.2) is 0 Å². The molecular weight excluding hydrogens is 148 g/mol. The van der Waals surface area contributed by atoms with Gasteiger partial charge in [-0.3, -0.25) is 4.79 Å². The van der Waals surface area contributed by atoms with E-state index in [1.807, 2.05) is 0 Å². The number of rotatable bonds is 2. The lowest BCUT2D eigenvalue weighted by atomic mass is 9.82. The fraction of sp³-hybridized carbons (Fsp3) is 0.727. The van der Waals surface area contributed by atoms with Gasteiger partial charge in [-0.2, -0.15) is 0 Å². The first-order chi connectivity index (χ1) is 5.65. The fourth-order valence-electron chi connectivity index (χ4n) is 1.73. The zero-order valence-corrected chi connectivity index (χ0v) is 8.26. The summed E-state index contributed by atoms with van der Waals surface area (Å²) in [5.74, 6) is 1.69. The second-order valence-electron chi connectivity index (χ2n) is 3.92. The van der Waals surface area contributed by atoms with Crippen molar-refractivity contribution in [2.75, 3.05) is 0 Å². The Hall–Kier alpha value is -0.590. The summed E-state index contributed by atoms with van der Waals surface area (Å²) >= 11 is 0. The molecule has 1 atom stereocenters. The fourth-order valence-corrected chi connectivity index (χ4v) is 1.73. The number of carbonyl (C=O) groups is 1. The Balaban J connectivity index is 2.73. The van der Waals surface area contributed by atoms with Crippen molar-refractivity contribution in [2.24, 2.45) is 11.8 Å². The highest BCUT2D eigenvalue weighted by Crippen LogP contribution is 2.27. The van der Waals surface area contributed by atoms with Crippen molar-refractivity contribution in [3.63, 3.8) is 0 Å². The minimum Gasteiger partial charge on any atom is -0.295 e. The van der Waals surface area contributed by atoms with E-state index in [1.54, 1.807) is 0 Å². The van der Waals surface area contributed by atoms with Crippen LogP contribution in [0, 0.1) is 11.8 Å². The van der Waals surface area contributed by atoms with Gasteiger partial charge in [0.25, 0.3) is 0 Å². The molecule has 1 aliphatic rings. The van der Waals surface area contributed by atoms with E-state index in [0.717, 1.165) is 24.8 Å². The standard InChI is InChI=1S/C11H18O/c1-4-9-7-10(8(2)3)5-6-11(9)12/h7-8,10H,4-6H2,1-3H3. The topological polar surface area (TPSA) is 17.1 Å². The van der Waals surface area contributed by atoms with Crippen LogP contribution in [0.15, 0.2) is 11.6 Å². The summed E-state index contributed by atoms with van der Waals surface area (Å²) in [6.45, 7) is 6.51. The molecule has 1 heteroatoms. The first kappa shape index (κ1) is 9.50. The monoisotopic (exact) mass is 166 g/mol. The van der Waals surface area contributed by atoms with Gasteiger partial charge in [0.1, 0.15) is 0 Å². The van der Waals surface area contributed by atoms with Gasteiger partial charge in [0.05, 0.1) is 0 Å². The van der Waals surface area contributed by atoms with Gasteiger partial charge in [-0.15, -0.1) is 0 Å². The van der Waals surface area contributed by atoms with Gasteiger partial charge < -0.3 is 0 Å². The maximum absolute atomic E-state index is 11.3. The van der Waals surface area contributed by atoms with Crippen molar-refractivity contribution in [3.05, 3.63) is 11.6 Å². The van der Waals surface area contributed by atoms with Gasteiger partial charge in [0.2, 0.25) is 0 Å². The van der Waals surface area contributed by atoms with E-state index in [0.29, 0.717) is 17.6 Å². The van der Waals surface area contributed by atoms with E-state index in [2.05, 4.69) is 26.8 Å². The Morgan fingerprint density at radius 1 is 1.58 bits per heavy atom. The molecule has 0 radical (unpaired) electrons. The van der Waals surface area contributed by atoms with E-state index in [4.69, 9.17) is 0 Å². The molecule has 1 rings (SSSR count). The number of hydrogen-bond donors (Lipinski definition) is 0. The minimum atomic E-state index is 0.370. The van der Waals surface area contributed by atoms with E-state index in [-0.39, 0.29) is 0 Å². The van der Waals surface area contributed by atoms with Crippen LogP contribution in [0.2, 0.25) is 0 Å². The smallest absolute Gasteiger partial charge is 0.158 e. The molecule has 0 N–H and O–H groups in total. The molecule has 1 unspecified atom stereocenters. The van der Waals surface area contributed by atoms with E-state index in [1.165, 1.54) is 0 Å². The van der Waals surface area contributed by atoms with Crippen LogP contribution in [-0.2, 0) is 4.79 Å². The molecule has 0 aromatic heterocycles. The number of hydrogen-bond acceptors (Lipinski definition) is 1. The van der Waals surface area contributed by atoms with Crippen molar-refractivity contribution in [3.8, 4) is 0 Å². The summed E-state index contributed by atoms with van der Waals surface area (Å²) in [4.78, 5) is 11.3. The normalized spacial score (nSPS) is 24.5. The van der Waals surface area contributed by atoms with Crippen LogP contribution < -0.4 is 0 Å². The summed E-state index contributed by atoms with van der Waals surface area (Å²) < 4.78 is 0. The molecule has 68 valence electrons. The number of Topliss-reactive ketones (excluding diaryl/α,β-unsaturated/α-hetero) is 1. The molecule has 0 bridgehead atoms. The van der Waals surface area contributed by atoms with Crippen LogP contribution in [-0.4, -0.2) is 5.78 Å². The molecule has 0 saturated carbocycles. The third kappa shape index (κ3) is 1.96. The zero-order chi connectivity index (χ0) is 9.14. The molecule has 0 saturated heterocycles. The van der Waals surface area contributed by atoms with Crippen LogP contribution in [0.3, 0.4) is 0 Å². The summed E-state index contributed by atoms with van der Waals surface area (Å²) in [5, 5.41) is 0. The van der Waals surface area contributed by atoms with Crippen LogP contribution in [0.25, 0.3) is 0 Å². The minimum absolute atomic E-state index is 0.370. The van der Waals surface area contributed by atoms with Crippen molar-refractivity contribution < 1.29 is 4.79 Å². The van der Waals surface area contributed by atoms with Crippen LogP contribution in [0.1, 0.15) is 40.0 Å². The van der Waals surface area contributed by atoms with Crippen molar-refractivity contribution in [2.45, 2.75) is 40.0 Å². The Labute approximate surface area is 74.9 Å². The predicted molar refractivity (Wildman–Crippen MR) is 50.9 cm³/mol. The first-order valence-corrected chi connectivity index (χ1v) is 4.89. The van der Waals surface area contributed by atoms with Gasteiger partial charge in [-0.1, -0.05) is 26.8 Å². The largest absolute Gasteiger partial charge is 0.295 e. The molecular formula is C11H18O. The lowest BCUT2D eigenvalue weighted by Gasteiger charge is -2.22. The Bertz CT molecular complexity index is 201. The highest BCUT2D eigenvalue weighted by Gasteiger charge is 2.20. The maximum Gasteiger partial charge on any atom is 0.158 e. The third-order valence-corrected chi connectivity index (χ3v) is 2.72. The van der Waals surface area contributed by atoms with Gasteiger partial charge in [0.15, 0.2) is 5.78 Å². The first-order valence-electron chi connectivity index (χ1n) is 4.89. The quantitative estimate of drug-likeness (QED) is 0.616. The molecule has 0 aromatic carbocycles. The lowest BCUT2D eigenvalue weighted by Crippen LogP contribution is -2.17. The van der Waals surface area contributed by atoms with Crippen molar-refractivity contribution in [1.82, 2.24) is 0 Å². The Morgan fingerprint density at radius 3 is 2.75 bits per heavy atom. The van der Waals surface area contributed by atoms with E-state index >= 15 is 0 Å². The molecule has 0 heterocycles. The van der Waals surface area contributed by atoms with Gasteiger partial charge in [-0.05, 0) is 30.3 Å². The Kier molecular flexibility index (Phi) is 3.07. The van der Waals surface area contributed by atoms with Crippen LogP contribution in [0.4, 0.5) is 0 Å². The summed E-state index contributed by atoms with van der Waals surface area (Å²) in [6, 6.07) is 0. The third-order valence-electron chi connectivity index (χ3n) is 2.72. The molecule has 12 heavy (non-hydrogen) atoms. The maximum atomic E-state index is 11.3. The second-order valence-corrected chi connectivity index (χ2v) is 3.92. The van der Waals surface area contributed by atoms with Crippen LogP contribution in [0.5, 0.6) is 0 Å². The molecule has 0 aromatic rings. The van der Waals surface area contributed by atoms with Crippen molar-refractivity contribution >= 4 is 5.78 Å².